The van der Waals surface area contributed by atoms with Crippen molar-refractivity contribution in [2.45, 2.75) is 20.8 Å². The molecular formula is C18H20N2O3. The molecular weight excluding hydrogens is 292 g/mol. The molecule has 0 fully saturated rings. The smallest absolute Gasteiger partial charge is 0.314 e. The number of hydrogen-bond acceptors (Lipinski definition) is 3. The highest BCUT2D eigenvalue weighted by Crippen LogP contribution is 2.23. The minimum absolute atomic E-state index is 0.467. The van der Waals surface area contributed by atoms with Gasteiger partial charge in [0.25, 0.3) is 0 Å². The first kappa shape index (κ1) is 16.5. The van der Waals surface area contributed by atoms with E-state index in [2.05, 4.69) is 10.6 Å². The maximum atomic E-state index is 12.0. The zero-order valence-corrected chi connectivity index (χ0v) is 13.5. The van der Waals surface area contributed by atoms with Gasteiger partial charge in [-0.05, 0) is 56.2 Å². The van der Waals surface area contributed by atoms with E-state index in [0.29, 0.717) is 23.7 Å². The van der Waals surface area contributed by atoms with E-state index in [4.69, 9.17) is 4.74 Å². The largest absolute Gasteiger partial charge is 0.492 e. The molecule has 0 heterocycles. The molecule has 0 saturated heterocycles. The third kappa shape index (κ3) is 4.32. The first-order valence-electron chi connectivity index (χ1n) is 7.42. The molecule has 0 radical (unpaired) electrons. The number of rotatable bonds is 4. The highest BCUT2D eigenvalue weighted by molar-refractivity contribution is 6.43. The van der Waals surface area contributed by atoms with E-state index in [0.717, 1.165) is 11.1 Å². The van der Waals surface area contributed by atoms with Crippen molar-refractivity contribution in [1.82, 2.24) is 0 Å². The van der Waals surface area contributed by atoms with Crippen LogP contribution >= 0.6 is 0 Å². The van der Waals surface area contributed by atoms with Gasteiger partial charge in [-0.2, -0.15) is 0 Å². The fourth-order valence-electron chi connectivity index (χ4n) is 2.04. The van der Waals surface area contributed by atoms with Crippen molar-refractivity contribution in [3.05, 3.63) is 53.6 Å². The van der Waals surface area contributed by atoms with Gasteiger partial charge in [0.05, 0.1) is 12.3 Å². The average Bonchev–Trinajstić information content (AvgIpc) is 2.53. The molecule has 0 atom stereocenters. The van der Waals surface area contributed by atoms with Gasteiger partial charge < -0.3 is 15.4 Å². The summed E-state index contributed by atoms with van der Waals surface area (Å²) in [6.07, 6.45) is 0. The minimum atomic E-state index is -0.740. The maximum absolute atomic E-state index is 12.0. The van der Waals surface area contributed by atoms with E-state index in [1.54, 1.807) is 30.3 Å². The third-order valence-corrected chi connectivity index (χ3v) is 3.41. The Morgan fingerprint density at radius 1 is 0.957 bits per heavy atom. The van der Waals surface area contributed by atoms with Crippen LogP contribution in [0, 0.1) is 13.8 Å². The normalized spacial score (nSPS) is 10.0. The van der Waals surface area contributed by atoms with Gasteiger partial charge in [0, 0.05) is 5.69 Å². The Labute approximate surface area is 135 Å². The fraction of sp³-hybridized carbons (Fsp3) is 0.222. The van der Waals surface area contributed by atoms with E-state index in [1.165, 1.54) is 0 Å². The lowest BCUT2D eigenvalue weighted by Crippen LogP contribution is -2.29. The van der Waals surface area contributed by atoms with E-state index in [1.807, 2.05) is 32.9 Å². The molecule has 0 bridgehead atoms. The average molecular weight is 312 g/mol. The van der Waals surface area contributed by atoms with Gasteiger partial charge in [-0.3, -0.25) is 9.59 Å². The molecule has 0 unspecified atom stereocenters. The zero-order valence-electron chi connectivity index (χ0n) is 13.5. The van der Waals surface area contributed by atoms with Crippen LogP contribution in [0.15, 0.2) is 42.5 Å². The van der Waals surface area contributed by atoms with Crippen LogP contribution in [0.3, 0.4) is 0 Å². The molecule has 23 heavy (non-hydrogen) atoms. The molecule has 2 aromatic rings. The van der Waals surface area contributed by atoms with Crippen molar-refractivity contribution < 1.29 is 14.3 Å². The van der Waals surface area contributed by atoms with Gasteiger partial charge in [0.15, 0.2) is 0 Å². The number of carbonyl (C=O) groups excluding carboxylic acids is 2. The van der Waals surface area contributed by atoms with Crippen LogP contribution in [0.1, 0.15) is 18.1 Å². The highest BCUT2D eigenvalue weighted by Gasteiger charge is 2.16. The Morgan fingerprint density at radius 3 is 2.35 bits per heavy atom. The molecule has 5 nitrogen and oxygen atoms in total. The first-order valence-corrected chi connectivity index (χ1v) is 7.42. The summed E-state index contributed by atoms with van der Waals surface area (Å²) in [7, 11) is 0. The number of benzene rings is 2. The van der Waals surface area contributed by atoms with Gasteiger partial charge >= 0.3 is 11.8 Å². The van der Waals surface area contributed by atoms with Crippen molar-refractivity contribution in [3.63, 3.8) is 0 Å². The molecule has 2 amide bonds. The second-order valence-electron chi connectivity index (χ2n) is 5.14. The molecule has 2 aromatic carbocycles. The van der Waals surface area contributed by atoms with E-state index >= 15 is 0 Å². The van der Waals surface area contributed by atoms with Crippen LogP contribution in [0.2, 0.25) is 0 Å². The third-order valence-electron chi connectivity index (χ3n) is 3.41. The van der Waals surface area contributed by atoms with Gasteiger partial charge in [-0.25, -0.2) is 0 Å². The van der Waals surface area contributed by atoms with Crippen molar-refractivity contribution >= 4 is 23.2 Å². The van der Waals surface area contributed by atoms with Crippen molar-refractivity contribution in [2.24, 2.45) is 0 Å². The number of aryl methyl sites for hydroxylation is 2. The molecule has 0 spiro atoms. The van der Waals surface area contributed by atoms with Gasteiger partial charge in [0.2, 0.25) is 0 Å². The molecule has 0 aliphatic rings. The molecule has 2 rings (SSSR count). The summed E-state index contributed by atoms with van der Waals surface area (Å²) >= 11 is 0. The second kappa shape index (κ2) is 7.45. The molecule has 0 aliphatic heterocycles. The number of anilines is 2. The van der Waals surface area contributed by atoms with E-state index < -0.39 is 11.8 Å². The number of para-hydroxylation sites is 2. The topological polar surface area (TPSA) is 67.4 Å². The molecule has 0 saturated carbocycles. The predicted octanol–water partition coefficient (Wildman–Crippen LogP) is 3.28. The quantitative estimate of drug-likeness (QED) is 0.851. The lowest BCUT2D eigenvalue weighted by molar-refractivity contribution is -0.133. The van der Waals surface area contributed by atoms with Gasteiger partial charge in [-0.15, -0.1) is 0 Å². The van der Waals surface area contributed by atoms with Crippen molar-refractivity contribution in [3.8, 4) is 5.75 Å². The maximum Gasteiger partial charge on any atom is 0.314 e. The lowest BCUT2D eigenvalue weighted by atomic mass is 10.1. The predicted molar refractivity (Wildman–Crippen MR) is 90.8 cm³/mol. The summed E-state index contributed by atoms with van der Waals surface area (Å²) in [6.45, 7) is 6.26. The number of nitrogens with one attached hydrogen (secondary N) is 2. The Balaban J connectivity index is 2.05. The Kier molecular flexibility index (Phi) is 5.36. The number of amides is 2. The van der Waals surface area contributed by atoms with Crippen LogP contribution in [0.25, 0.3) is 0 Å². The zero-order chi connectivity index (χ0) is 16.8. The van der Waals surface area contributed by atoms with Crippen LogP contribution < -0.4 is 15.4 Å². The monoisotopic (exact) mass is 312 g/mol. The van der Waals surface area contributed by atoms with Crippen LogP contribution in [-0.2, 0) is 9.59 Å². The van der Waals surface area contributed by atoms with Crippen molar-refractivity contribution in [1.29, 1.82) is 0 Å². The van der Waals surface area contributed by atoms with E-state index in [9.17, 15) is 9.59 Å². The number of hydrogen-bond donors (Lipinski definition) is 2. The Hall–Kier alpha value is -2.82. The summed E-state index contributed by atoms with van der Waals surface area (Å²) in [4.78, 5) is 24.1. The summed E-state index contributed by atoms with van der Waals surface area (Å²) in [6, 6.07) is 12.5. The summed E-state index contributed by atoms with van der Waals surface area (Å²) < 4.78 is 5.42. The number of ether oxygens (including phenoxy) is 1. The van der Waals surface area contributed by atoms with Gasteiger partial charge in [-0.1, -0.05) is 18.2 Å². The molecule has 2 N–H and O–H groups in total. The standard InChI is InChI=1S/C18H20N2O3/c1-4-23-16-8-6-5-7-15(16)20-18(22)17(21)19-14-10-9-12(2)13(3)11-14/h5-11H,4H2,1-3H3,(H,19,21)(H,20,22). The Morgan fingerprint density at radius 2 is 1.65 bits per heavy atom. The molecule has 0 aromatic heterocycles. The molecule has 120 valence electrons. The summed E-state index contributed by atoms with van der Waals surface area (Å²) in [5.41, 5.74) is 3.23. The van der Waals surface area contributed by atoms with Crippen molar-refractivity contribution in [2.75, 3.05) is 17.2 Å². The SMILES string of the molecule is CCOc1ccccc1NC(=O)C(=O)Nc1ccc(C)c(C)c1. The first-order chi connectivity index (χ1) is 11.0. The molecule has 5 heteroatoms. The van der Waals surface area contributed by atoms with Crippen LogP contribution in [-0.4, -0.2) is 18.4 Å². The summed E-state index contributed by atoms with van der Waals surface area (Å²) in [5, 5.41) is 5.16. The van der Waals surface area contributed by atoms with Crippen LogP contribution in [0.4, 0.5) is 11.4 Å². The fourth-order valence-corrected chi connectivity index (χ4v) is 2.04. The van der Waals surface area contributed by atoms with Gasteiger partial charge in [0.1, 0.15) is 5.75 Å². The lowest BCUT2D eigenvalue weighted by Gasteiger charge is -2.11. The highest BCUT2D eigenvalue weighted by atomic mass is 16.5. The minimum Gasteiger partial charge on any atom is -0.492 e. The van der Waals surface area contributed by atoms with E-state index in [-0.39, 0.29) is 0 Å². The van der Waals surface area contributed by atoms with Crippen LogP contribution in [0.5, 0.6) is 5.75 Å². The number of carbonyl (C=O) groups is 2. The molecule has 0 aliphatic carbocycles. The second-order valence-corrected chi connectivity index (χ2v) is 5.14. The summed E-state index contributed by atoms with van der Waals surface area (Å²) in [5.74, 6) is -0.933. The Bertz CT molecular complexity index is 726.